The second-order valence-electron chi connectivity index (χ2n) is 11.3. The van der Waals surface area contributed by atoms with E-state index in [1.807, 2.05) is 0 Å². The molecule has 2 aromatic rings. The largest absolute Gasteiger partial charge is 0.573 e. The van der Waals surface area contributed by atoms with Gasteiger partial charge in [0.15, 0.2) is 5.13 Å². The van der Waals surface area contributed by atoms with Crippen molar-refractivity contribution in [2.75, 3.05) is 5.32 Å². The Morgan fingerprint density at radius 3 is 2.60 bits per heavy atom. The number of nitrogens with zero attached hydrogens (tertiary/aromatic N) is 1. The van der Waals surface area contributed by atoms with Crippen molar-refractivity contribution >= 4 is 27.7 Å². The maximum atomic E-state index is 12.4. The Kier molecular flexibility index (Phi) is 5.32. The fraction of sp³-hybridized carbons (Fsp3) is 0.593. The van der Waals surface area contributed by atoms with Gasteiger partial charge in [0.25, 0.3) is 0 Å². The van der Waals surface area contributed by atoms with E-state index >= 15 is 0 Å². The first-order valence-corrected chi connectivity index (χ1v) is 13.4. The van der Waals surface area contributed by atoms with E-state index in [2.05, 4.69) is 30.0 Å². The van der Waals surface area contributed by atoms with Crippen LogP contribution in [0.2, 0.25) is 0 Å². The first-order chi connectivity index (χ1) is 16.6. The molecule has 1 aromatic heterocycles. The summed E-state index contributed by atoms with van der Waals surface area (Å²) in [6.45, 7) is 4.76. The number of aliphatic hydroxyl groups excluding tert-OH is 1. The molecule has 6 rings (SSSR count). The maximum Gasteiger partial charge on any atom is 0.573 e. The number of anilines is 2. The molecule has 0 bridgehead atoms. The molecule has 8 heteroatoms. The molecule has 188 valence electrons. The van der Waals surface area contributed by atoms with E-state index < -0.39 is 6.36 Å². The number of ether oxygens (including phenoxy) is 1. The van der Waals surface area contributed by atoms with Crippen molar-refractivity contribution in [3.63, 3.8) is 0 Å². The summed E-state index contributed by atoms with van der Waals surface area (Å²) < 4.78 is 41.2. The van der Waals surface area contributed by atoms with Crippen LogP contribution in [0.1, 0.15) is 62.9 Å². The Bertz CT molecular complexity index is 1160. The maximum absolute atomic E-state index is 12.4. The summed E-state index contributed by atoms with van der Waals surface area (Å²) in [7, 11) is 0. The molecule has 0 saturated heterocycles. The van der Waals surface area contributed by atoms with E-state index in [9.17, 15) is 18.3 Å². The Morgan fingerprint density at radius 2 is 1.86 bits per heavy atom. The predicted molar refractivity (Wildman–Crippen MR) is 131 cm³/mol. The van der Waals surface area contributed by atoms with E-state index in [-0.39, 0.29) is 22.7 Å². The second-order valence-corrected chi connectivity index (χ2v) is 12.3. The van der Waals surface area contributed by atoms with Crippen LogP contribution < -0.4 is 10.1 Å². The molecule has 0 aliphatic heterocycles. The number of allylic oxidation sites excluding steroid dienone is 2. The molecular weight excluding hydrogens is 473 g/mol. The first-order valence-electron chi connectivity index (χ1n) is 12.6. The number of aromatic nitrogens is 1. The van der Waals surface area contributed by atoms with Gasteiger partial charge in [-0.2, -0.15) is 0 Å². The molecule has 1 aromatic carbocycles. The minimum absolute atomic E-state index is 0.0744. The highest BCUT2D eigenvalue weighted by Crippen LogP contribution is 2.66. The minimum Gasteiger partial charge on any atom is -0.406 e. The van der Waals surface area contributed by atoms with Gasteiger partial charge in [-0.25, -0.2) is 4.98 Å². The number of hydrogen-bond acceptors (Lipinski definition) is 5. The summed E-state index contributed by atoms with van der Waals surface area (Å²) in [4.78, 5) is 6.11. The van der Waals surface area contributed by atoms with Gasteiger partial charge in [0.1, 0.15) is 5.75 Å². The van der Waals surface area contributed by atoms with Crippen LogP contribution in [-0.4, -0.2) is 22.6 Å². The topological polar surface area (TPSA) is 54.4 Å². The zero-order chi connectivity index (χ0) is 24.6. The lowest BCUT2D eigenvalue weighted by molar-refractivity contribution is -0.274. The van der Waals surface area contributed by atoms with E-state index in [0.717, 1.165) is 49.4 Å². The third-order valence-corrected chi connectivity index (χ3v) is 10.6. The fourth-order valence-electron chi connectivity index (χ4n) is 7.77. The van der Waals surface area contributed by atoms with Crippen molar-refractivity contribution in [2.24, 2.45) is 28.6 Å². The number of alkyl halides is 3. The number of thiazole rings is 1. The van der Waals surface area contributed by atoms with Crippen molar-refractivity contribution in [1.82, 2.24) is 4.98 Å². The van der Waals surface area contributed by atoms with Gasteiger partial charge in [-0.15, -0.1) is 13.2 Å². The van der Waals surface area contributed by atoms with Crippen molar-refractivity contribution in [1.29, 1.82) is 0 Å². The van der Waals surface area contributed by atoms with E-state index in [1.165, 1.54) is 29.0 Å². The Hall–Kier alpha value is -2.06. The van der Waals surface area contributed by atoms with Gasteiger partial charge in [0, 0.05) is 5.69 Å². The van der Waals surface area contributed by atoms with Crippen LogP contribution in [0.3, 0.4) is 0 Å². The lowest BCUT2D eigenvalue weighted by Gasteiger charge is -2.56. The van der Waals surface area contributed by atoms with Crippen molar-refractivity contribution < 1.29 is 23.0 Å². The molecule has 0 radical (unpaired) electrons. The summed E-state index contributed by atoms with van der Waals surface area (Å²) in [6.07, 6.45) is 5.07. The van der Waals surface area contributed by atoms with Crippen LogP contribution >= 0.6 is 11.3 Å². The minimum atomic E-state index is -4.70. The van der Waals surface area contributed by atoms with Crippen LogP contribution in [0, 0.1) is 28.6 Å². The molecule has 0 spiro atoms. The highest BCUT2D eigenvalue weighted by molar-refractivity contribution is 7.16. The summed E-state index contributed by atoms with van der Waals surface area (Å²) in [5.41, 5.74) is 3.43. The molecule has 2 N–H and O–H groups in total. The van der Waals surface area contributed by atoms with Gasteiger partial charge in [0.2, 0.25) is 0 Å². The van der Waals surface area contributed by atoms with Gasteiger partial charge < -0.3 is 15.2 Å². The zero-order valence-corrected chi connectivity index (χ0v) is 20.8. The van der Waals surface area contributed by atoms with Crippen molar-refractivity contribution in [3.05, 3.63) is 40.9 Å². The van der Waals surface area contributed by atoms with Crippen LogP contribution in [0.4, 0.5) is 24.0 Å². The van der Waals surface area contributed by atoms with Gasteiger partial charge >= 0.3 is 6.36 Å². The highest BCUT2D eigenvalue weighted by atomic mass is 32.1. The average Bonchev–Trinajstić information content (AvgIpc) is 3.34. The quantitative estimate of drug-likeness (QED) is 0.460. The fourth-order valence-corrected chi connectivity index (χ4v) is 8.98. The van der Waals surface area contributed by atoms with Gasteiger partial charge in [-0.1, -0.05) is 31.3 Å². The van der Waals surface area contributed by atoms with Gasteiger partial charge in [-0.3, -0.25) is 0 Å². The Balaban J connectivity index is 1.24. The van der Waals surface area contributed by atoms with Crippen LogP contribution in [-0.2, 0) is 6.42 Å². The van der Waals surface area contributed by atoms with Gasteiger partial charge in [0.05, 0.1) is 16.7 Å². The summed E-state index contributed by atoms with van der Waals surface area (Å²) in [5.74, 6) is 1.65. The predicted octanol–water partition coefficient (Wildman–Crippen LogP) is 7.33. The monoisotopic (exact) mass is 504 g/mol. The SMILES string of the molecule is C[C@]12CC[C@H]3[C@@H](CC=C4c5sc(Nc6ccc(OC(F)(F)F)cc6)nc5CC[C@@]43C)[C@@H]1CC[C@@H]2O. The average molecular weight is 505 g/mol. The molecule has 2 fully saturated rings. The van der Waals surface area contributed by atoms with Crippen LogP contribution in [0.25, 0.3) is 5.57 Å². The number of hydrogen-bond donors (Lipinski definition) is 2. The third-order valence-electron chi connectivity index (χ3n) is 9.58. The molecule has 2 saturated carbocycles. The van der Waals surface area contributed by atoms with E-state index in [4.69, 9.17) is 4.98 Å². The number of aliphatic hydroxyl groups is 1. The van der Waals surface area contributed by atoms with Crippen LogP contribution in [0.15, 0.2) is 30.3 Å². The molecule has 35 heavy (non-hydrogen) atoms. The molecule has 6 atom stereocenters. The Labute approximate surface area is 207 Å². The molecule has 4 nitrogen and oxygen atoms in total. The Morgan fingerprint density at radius 1 is 1.09 bits per heavy atom. The van der Waals surface area contributed by atoms with Gasteiger partial charge in [-0.05, 0) is 103 Å². The van der Waals surface area contributed by atoms with Crippen molar-refractivity contribution in [3.8, 4) is 5.75 Å². The number of halogens is 3. The number of aryl methyl sites for hydroxylation is 1. The number of nitrogens with one attached hydrogen (secondary N) is 1. The summed E-state index contributed by atoms with van der Waals surface area (Å²) in [5, 5.41) is 14.7. The molecule has 0 unspecified atom stereocenters. The highest BCUT2D eigenvalue weighted by Gasteiger charge is 2.58. The number of benzene rings is 1. The number of fused-ring (bicyclic) bond motifs is 7. The van der Waals surface area contributed by atoms with Crippen LogP contribution in [0.5, 0.6) is 5.75 Å². The molecule has 0 amide bonds. The molecular formula is C27H31F3N2O2S. The third kappa shape index (κ3) is 3.79. The van der Waals surface area contributed by atoms with E-state index in [1.54, 1.807) is 23.5 Å². The summed E-state index contributed by atoms with van der Waals surface area (Å²) >= 11 is 1.65. The smallest absolute Gasteiger partial charge is 0.406 e. The molecule has 1 heterocycles. The molecule has 4 aliphatic rings. The first kappa shape index (κ1) is 23.3. The molecule has 4 aliphatic carbocycles. The lowest BCUT2D eigenvalue weighted by atomic mass is 9.48. The van der Waals surface area contributed by atoms with E-state index in [0.29, 0.717) is 23.4 Å². The number of rotatable bonds is 3. The standard InChI is InChI=1S/C27H31F3N2O2S/c1-25-14-12-21-23(35-24(32-21)31-15-3-5-16(6-4-15)34-27(28,29)30)20(25)8-7-17-18-9-10-22(33)26(18,2)13-11-19(17)25/h3-6,8,17-19,22,33H,7,9-14H2,1-2H3,(H,31,32)/t17-,18-,19-,22-,25+,26-/m0/s1. The lowest BCUT2D eigenvalue weighted by Crippen LogP contribution is -2.50. The summed E-state index contributed by atoms with van der Waals surface area (Å²) in [6, 6.07) is 5.76. The zero-order valence-electron chi connectivity index (χ0n) is 20.0. The second kappa shape index (κ2) is 7.97. The van der Waals surface area contributed by atoms with Crippen molar-refractivity contribution in [2.45, 2.75) is 71.3 Å². The normalized spacial score (nSPS) is 35.9.